The van der Waals surface area contributed by atoms with E-state index in [1.54, 1.807) is 0 Å². The summed E-state index contributed by atoms with van der Waals surface area (Å²) in [5, 5.41) is 3.00. The second-order valence-electron chi connectivity index (χ2n) is 4.63. The highest BCUT2D eigenvalue weighted by molar-refractivity contribution is 5.79. The summed E-state index contributed by atoms with van der Waals surface area (Å²) >= 11 is 0. The average Bonchev–Trinajstić information content (AvgIpc) is 2.68. The summed E-state index contributed by atoms with van der Waals surface area (Å²) in [6.07, 6.45) is 1.78. The van der Waals surface area contributed by atoms with Crippen LogP contribution in [-0.2, 0) is 9.53 Å². The number of ether oxygens (including phenoxy) is 1. The molecule has 0 aromatic carbocycles. The summed E-state index contributed by atoms with van der Waals surface area (Å²) in [7, 11) is 0. The van der Waals surface area contributed by atoms with Gasteiger partial charge in [0.25, 0.3) is 0 Å². The minimum atomic E-state index is 0.0335. The largest absolute Gasteiger partial charge is 0.381 e. The maximum absolute atomic E-state index is 11.7. The van der Waals surface area contributed by atoms with Crippen molar-refractivity contribution in [2.75, 3.05) is 19.8 Å². The molecule has 0 aromatic rings. The molecule has 0 aromatic heterocycles. The number of hydrogen-bond donors (Lipinski definition) is 2. The topological polar surface area (TPSA) is 64.3 Å². The number of carbonyl (C=O) groups excluding carboxylic acids is 1. The monoisotopic (exact) mass is 214 g/mol. The van der Waals surface area contributed by atoms with E-state index in [9.17, 15) is 4.79 Å². The lowest BCUT2D eigenvalue weighted by atomic mass is 10.0. The van der Waals surface area contributed by atoms with Crippen LogP contribution < -0.4 is 11.1 Å². The summed E-state index contributed by atoms with van der Waals surface area (Å²) in [4.78, 5) is 11.7. The van der Waals surface area contributed by atoms with Crippen LogP contribution >= 0.6 is 0 Å². The first-order valence-corrected chi connectivity index (χ1v) is 5.71. The highest BCUT2D eigenvalue weighted by atomic mass is 16.5. The zero-order chi connectivity index (χ0) is 11.3. The van der Waals surface area contributed by atoms with Gasteiger partial charge in [-0.25, -0.2) is 0 Å². The minimum Gasteiger partial charge on any atom is -0.381 e. The van der Waals surface area contributed by atoms with Gasteiger partial charge in [0, 0.05) is 19.2 Å². The molecule has 15 heavy (non-hydrogen) atoms. The maximum atomic E-state index is 11.7. The molecule has 1 amide bonds. The van der Waals surface area contributed by atoms with Crippen molar-refractivity contribution in [2.24, 2.45) is 17.6 Å². The second-order valence-corrected chi connectivity index (χ2v) is 4.63. The molecule has 3 N–H and O–H groups in total. The van der Waals surface area contributed by atoms with E-state index >= 15 is 0 Å². The smallest absolute Gasteiger partial charge is 0.225 e. The quantitative estimate of drug-likeness (QED) is 0.701. The summed E-state index contributed by atoms with van der Waals surface area (Å²) in [6.45, 7) is 6.04. The SMILES string of the molecule is CC(C)CC(CN)NC(=O)C1CCOC1. The normalized spacial score (nSPS) is 23.1. The fraction of sp³-hybridized carbons (Fsp3) is 0.909. The highest BCUT2D eigenvalue weighted by Crippen LogP contribution is 2.13. The van der Waals surface area contributed by atoms with Crippen LogP contribution in [0.4, 0.5) is 0 Å². The van der Waals surface area contributed by atoms with Crippen molar-refractivity contribution >= 4 is 5.91 Å². The molecule has 1 aliphatic rings. The van der Waals surface area contributed by atoms with Gasteiger partial charge in [0.1, 0.15) is 0 Å². The predicted molar refractivity (Wildman–Crippen MR) is 59.4 cm³/mol. The molecule has 4 heteroatoms. The van der Waals surface area contributed by atoms with Gasteiger partial charge in [0.05, 0.1) is 12.5 Å². The Morgan fingerprint density at radius 1 is 1.60 bits per heavy atom. The zero-order valence-electron chi connectivity index (χ0n) is 9.66. The molecule has 2 unspecified atom stereocenters. The number of nitrogens with one attached hydrogen (secondary N) is 1. The van der Waals surface area contributed by atoms with Crippen molar-refractivity contribution in [2.45, 2.75) is 32.7 Å². The van der Waals surface area contributed by atoms with Crippen LogP contribution in [0.1, 0.15) is 26.7 Å². The van der Waals surface area contributed by atoms with E-state index in [1.165, 1.54) is 0 Å². The second kappa shape index (κ2) is 6.08. The molecule has 88 valence electrons. The van der Waals surface area contributed by atoms with Crippen molar-refractivity contribution in [3.8, 4) is 0 Å². The van der Waals surface area contributed by atoms with E-state index in [1.807, 2.05) is 0 Å². The molecule has 1 rings (SSSR count). The van der Waals surface area contributed by atoms with E-state index in [-0.39, 0.29) is 17.9 Å². The molecular weight excluding hydrogens is 192 g/mol. The Hall–Kier alpha value is -0.610. The van der Waals surface area contributed by atoms with E-state index in [0.29, 0.717) is 25.7 Å². The Morgan fingerprint density at radius 3 is 2.80 bits per heavy atom. The first-order valence-electron chi connectivity index (χ1n) is 5.71. The molecule has 0 spiro atoms. The van der Waals surface area contributed by atoms with Crippen LogP contribution in [0.15, 0.2) is 0 Å². The molecule has 0 saturated carbocycles. The highest BCUT2D eigenvalue weighted by Gasteiger charge is 2.25. The average molecular weight is 214 g/mol. The number of nitrogens with two attached hydrogens (primary N) is 1. The summed E-state index contributed by atoms with van der Waals surface area (Å²) < 4.78 is 5.18. The maximum Gasteiger partial charge on any atom is 0.225 e. The van der Waals surface area contributed by atoms with Gasteiger partial charge in [0.15, 0.2) is 0 Å². The zero-order valence-corrected chi connectivity index (χ0v) is 9.66. The van der Waals surface area contributed by atoms with Gasteiger partial charge >= 0.3 is 0 Å². The van der Waals surface area contributed by atoms with E-state index < -0.39 is 0 Å². The van der Waals surface area contributed by atoms with Crippen LogP contribution in [0.25, 0.3) is 0 Å². The fourth-order valence-corrected chi connectivity index (χ4v) is 1.84. The van der Waals surface area contributed by atoms with Gasteiger partial charge in [-0.3, -0.25) is 4.79 Å². The summed E-state index contributed by atoms with van der Waals surface area (Å²) in [5.41, 5.74) is 5.62. The van der Waals surface area contributed by atoms with Crippen molar-refractivity contribution in [1.29, 1.82) is 0 Å². The van der Waals surface area contributed by atoms with Crippen LogP contribution in [0.5, 0.6) is 0 Å². The molecule has 1 saturated heterocycles. The number of amides is 1. The van der Waals surface area contributed by atoms with Crippen molar-refractivity contribution in [1.82, 2.24) is 5.32 Å². The van der Waals surface area contributed by atoms with E-state index in [2.05, 4.69) is 19.2 Å². The third kappa shape index (κ3) is 4.18. The summed E-state index contributed by atoms with van der Waals surface area (Å²) in [5.74, 6) is 0.688. The van der Waals surface area contributed by atoms with Gasteiger partial charge in [0.2, 0.25) is 5.91 Å². The minimum absolute atomic E-state index is 0.0335. The van der Waals surface area contributed by atoms with Crippen LogP contribution in [0, 0.1) is 11.8 Å². The first kappa shape index (κ1) is 12.5. The Kier molecular flexibility index (Phi) is 5.05. The van der Waals surface area contributed by atoms with Crippen LogP contribution in [0.3, 0.4) is 0 Å². The third-order valence-electron chi connectivity index (χ3n) is 2.69. The van der Waals surface area contributed by atoms with Crippen molar-refractivity contribution in [3.05, 3.63) is 0 Å². The number of carbonyl (C=O) groups is 1. The fourth-order valence-electron chi connectivity index (χ4n) is 1.84. The van der Waals surface area contributed by atoms with Gasteiger partial charge in [-0.2, -0.15) is 0 Å². The molecule has 0 aliphatic carbocycles. The molecular formula is C11H22N2O2. The predicted octanol–water partition coefficient (Wildman–Crippen LogP) is 0.513. The number of rotatable bonds is 5. The van der Waals surface area contributed by atoms with Crippen LogP contribution in [0.2, 0.25) is 0 Å². The molecule has 4 nitrogen and oxygen atoms in total. The molecule has 1 fully saturated rings. The van der Waals surface area contributed by atoms with Crippen LogP contribution in [-0.4, -0.2) is 31.7 Å². The third-order valence-corrected chi connectivity index (χ3v) is 2.69. The first-order chi connectivity index (χ1) is 7.13. The van der Waals surface area contributed by atoms with E-state index in [0.717, 1.165) is 12.8 Å². The Balaban J connectivity index is 2.33. The molecule has 1 heterocycles. The Bertz CT molecular complexity index is 201. The molecule has 0 radical (unpaired) electrons. The van der Waals surface area contributed by atoms with Gasteiger partial charge < -0.3 is 15.8 Å². The molecule has 2 atom stereocenters. The lowest BCUT2D eigenvalue weighted by molar-refractivity contribution is -0.125. The molecule has 1 aliphatic heterocycles. The van der Waals surface area contributed by atoms with E-state index in [4.69, 9.17) is 10.5 Å². The standard InChI is InChI=1S/C11H22N2O2/c1-8(2)5-10(6-12)13-11(14)9-3-4-15-7-9/h8-10H,3-7,12H2,1-2H3,(H,13,14). The van der Waals surface area contributed by atoms with Gasteiger partial charge in [-0.15, -0.1) is 0 Å². The Labute approximate surface area is 91.5 Å². The van der Waals surface area contributed by atoms with Gasteiger partial charge in [-0.05, 0) is 18.8 Å². The summed E-state index contributed by atoms with van der Waals surface area (Å²) in [6, 6.07) is 0.109. The van der Waals surface area contributed by atoms with Crippen molar-refractivity contribution < 1.29 is 9.53 Å². The number of hydrogen-bond acceptors (Lipinski definition) is 3. The lowest BCUT2D eigenvalue weighted by Gasteiger charge is -2.20. The van der Waals surface area contributed by atoms with Crippen molar-refractivity contribution in [3.63, 3.8) is 0 Å². The van der Waals surface area contributed by atoms with Gasteiger partial charge in [-0.1, -0.05) is 13.8 Å². The Morgan fingerprint density at radius 2 is 2.33 bits per heavy atom. The lowest BCUT2D eigenvalue weighted by Crippen LogP contribution is -2.43. The molecule has 0 bridgehead atoms.